The highest BCUT2D eigenvalue weighted by Crippen LogP contribution is 2.22. The highest BCUT2D eigenvalue weighted by Gasteiger charge is 2.21. The largest absolute Gasteiger partial charge is 0.332 e. The second-order valence-electron chi connectivity index (χ2n) is 5.46. The Bertz CT molecular complexity index is 1180. The Kier molecular flexibility index (Phi) is 2.59. The molecule has 4 rings (SSSR count). The normalized spacial score (nSPS) is 11.6. The maximum absolute atomic E-state index is 12.5. The number of hydrogen-bond acceptors (Lipinski definition) is 4. The van der Waals surface area contributed by atoms with Gasteiger partial charge in [0.25, 0.3) is 5.56 Å². The van der Waals surface area contributed by atoms with Crippen molar-refractivity contribution in [3.05, 3.63) is 51.2 Å². The fourth-order valence-electron chi connectivity index (χ4n) is 2.93. The number of aryl methyl sites for hydroxylation is 2. The van der Waals surface area contributed by atoms with Gasteiger partial charge in [0.15, 0.2) is 17.0 Å². The van der Waals surface area contributed by atoms with E-state index in [1.807, 2.05) is 30.3 Å². The summed E-state index contributed by atoms with van der Waals surface area (Å²) < 4.78 is 5.95. The van der Waals surface area contributed by atoms with Crippen LogP contribution in [0.15, 0.2) is 39.9 Å². The lowest BCUT2D eigenvalue weighted by Crippen LogP contribution is -2.37. The summed E-state index contributed by atoms with van der Waals surface area (Å²) in [7, 11) is 4.85. The van der Waals surface area contributed by atoms with E-state index in [0.29, 0.717) is 22.8 Å². The Morgan fingerprint density at radius 1 is 0.870 bits per heavy atom. The van der Waals surface area contributed by atoms with Crippen molar-refractivity contribution in [3.63, 3.8) is 0 Å². The zero-order valence-electron chi connectivity index (χ0n) is 12.9. The minimum absolute atomic E-state index is 0.352. The van der Waals surface area contributed by atoms with Crippen molar-refractivity contribution in [2.75, 3.05) is 0 Å². The molecule has 0 N–H and O–H groups in total. The van der Waals surface area contributed by atoms with Gasteiger partial charge in [0, 0.05) is 26.7 Å². The number of aromatic nitrogens is 6. The standard InChI is InChI=1S/C15H14N6O2/c1-18-10-12(19(2)15(23)20(3)13(10)22)21-11(16-17-14(18)21)9-7-5-4-6-8-9/h4-8H,1-3H3. The smallest absolute Gasteiger partial charge is 0.305 e. The zero-order valence-corrected chi connectivity index (χ0v) is 12.9. The first-order valence-corrected chi connectivity index (χ1v) is 7.07. The van der Waals surface area contributed by atoms with E-state index < -0.39 is 0 Å². The fraction of sp³-hybridized carbons (Fsp3) is 0.200. The summed E-state index contributed by atoms with van der Waals surface area (Å²) in [5, 5.41) is 8.41. The van der Waals surface area contributed by atoms with Gasteiger partial charge in [-0.15, -0.1) is 10.2 Å². The molecule has 0 aliphatic carbocycles. The van der Waals surface area contributed by atoms with Crippen LogP contribution in [-0.4, -0.2) is 28.3 Å². The number of nitrogens with zero attached hydrogens (tertiary/aromatic N) is 6. The van der Waals surface area contributed by atoms with E-state index >= 15 is 0 Å². The van der Waals surface area contributed by atoms with Gasteiger partial charge < -0.3 is 4.57 Å². The highest BCUT2D eigenvalue weighted by molar-refractivity contribution is 5.79. The molecular formula is C15H14N6O2. The van der Waals surface area contributed by atoms with Crippen LogP contribution in [0.2, 0.25) is 0 Å². The van der Waals surface area contributed by atoms with Crippen LogP contribution < -0.4 is 11.2 Å². The summed E-state index contributed by atoms with van der Waals surface area (Å²) in [6.07, 6.45) is 0. The minimum atomic E-state index is -0.386. The molecule has 0 atom stereocenters. The quantitative estimate of drug-likeness (QED) is 0.506. The van der Waals surface area contributed by atoms with Gasteiger partial charge in [-0.1, -0.05) is 30.3 Å². The summed E-state index contributed by atoms with van der Waals surface area (Å²) in [4.78, 5) is 24.8. The van der Waals surface area contributed by atoms with Gasteiger partial charge in [-0.2, -0.15) is 0 Å². The Morgan fingerprint density at radius 3 is 2.26 bits per heavy atom. The van der Waals surface area contributed by atoms with Crippen LogP contribution in [0.25, 0.3) is 28.3 Å². The molecule has 8 nitrogen and oxygen atoms in total. The lowest BCUT2D eigenvalue weighted by molar-refractivity contribution is 0.703. The number of fused-ring (bicyclic) bond motifs is 3. The van der Waals surface area contributed by atoms with Crippen molar-refractivity contribution < 1.29 is 0 Å². The van der Waals surface area contributed by atoms with Gasteiger partial charge in [-0.25, -0.2) is 9.20 Å². The Hall–Kier alpha value is -3.16. The first-order chi connectivity index (χ1) is 11.0. The van der Waals surface area contributed by atoms with E-state index in [2.05, 4.69) is 10.2 Å². The molecule has 0 saturated carbocycles. The number of rotatable bonds is 1. The third kappa shape index (κ3) is 1.60. The Morgan fingerprint density at radius 2 is 1.57 bits per heavy atom. The highest BCUT2D eigenvalue weighted by atomic mass is 16.2. The van der Waals surface area contributed by atoms with Crippen LogP contribution in [0.1, 0.15) is 0 Å². The molecule has 0 fully saturated rings. The molecule has 0 spiro atoms. The zero-order chi connectivity index (χ0) is 16.3. The molecule has 0 aliphatic heterocycles. The van der Waals surface area contributed by atoms with Crippen molar-refractivity contribution in [3.8, 4) is 11.4 Å². The molecule has 0 radical (unpaired) electrons. The number of imidazole rings is 1. The summed E-state index contributed by atoms with van der Waals surface area (Å²) in [5.74, 6) is 1.10. The van der Waals surface area contributed by atoms with Gasteiger partial charge >= 0.3 is 5.69 Å². The van der Waals surface area contributed by atoms with Gasteiger partial charge in [0.05, 0.1) is 0 Å². The van der Waals surface area contributed by atoms with E-state index in [1.54, 1.807) is 23.1 Å². The van der Waals surface area contributed by atoms with Gasteiger partial charge in [0.1, 0.15) is 0 Å². The van der Waals surface area contributed by atoms with E-state index in [1.165, 1.54) is 11.6 Å². The third-order valence-electron chi connectivity index (χ3n) is 4.14. The van der Waals surface area contributed by atoms with Crippen LogP contribution in [-0.2, 0) is 21.1 Å². The van der Waals surface area contributed by atoms with Crippen LogP contribution in [0.5, 0.6) is 0 Å². The second-order valence-corrected chi connectivity index (χ2v) is 5.46. The summed E-state index contributed by atoms with van der Waals surface area (Å²) in [6, 6.07) is 9.54. The molecule has 3 aromatic heterocycles. The van der Waals surface area contributed by atoms with Gasteiger partial charge in [-0.05, 0) is 0 Å². The monoisotopic (exact) mass is 310 g/mol. The predicted octanol–water partition coefficient (Wildman–Crippen LogP) is 0.285. The Balaban J connectivity index is 2.30. The van der Waals surface area contributed by atoms with Crippen LogP contribution in [0, 0.1) is 0 Å². The number of hydrogen-bond donors (Lipinski definition) is 0. The molecule has 3 heterocycles. The summed E-state index contributed by atoms with van der Waals surface area (Å²) in [6.45, 7) is 0. The van der Waals surface area contributed by atoms with Crippen molar-refractivity contribution in [1.29, 1.82) is 0 Å². The maximum Gasteiger partial charge on any atom is 0.332 e. The topological polar surface area (TPSA) is 79.1 Å². The van der Waals surface area contributed by atoms with Gasteiger partial charge in [0.2, 0.25) is 5.78 Å². The molecule has 23 heavy (non-hydrogen) atoms. The SMILES string of the molecule is Cn1c(=O)c2c(n(C)c1=O)n1c(-c3ccccc3)nnc1n2C. The lowest BCUT2D eigenvalue weighted by atomic mass is 10.2. The first kappa shape index (κ1) is 13.5. The molecule has 0 aliphatic rings. The average Bonchev–Trinajstić information content (AvgIpc) is 3.11. The molecule has 1 aromatic carbocycles. The maximum atomic E-state index is 12.5. The molecule has 116 valence electrons. The third-order valence-corrected chi connectivity index (χ3v) is 4.14. The van der Waals surface area contributed by atoms with Crippen molar-refractivity contribution in [2.24, 2.45) is 21.1 Å². The molecule has 4 aromatic rings. The van der Waals surface area contributed by atoms with Crippen LogP contribution in [0.3, 0.4) is 0 Å². The Labute approximate surface area is 129 Å². The fourth-order valence-corrected chi connectivity index (χ4v) is 2.93. The lowest BCUT2D eigenvalue weighted by Gasteiger charge is -2.05. The second kappa shape index (κ2) is 4.42. The van der Waals surface area contributed by atoms with Gasteiger partial charge in [-0.3, -0.25) is 13.9 Å². The molecule has 0 saturated heterocycles. The molecule has 0 unspecified atom stereocenters. The minimum Gasteiger partial charge on any atom is -0.305 e. The van der Waals surface area contributed by atoms with Crippen molar-refractivity contribution in [2.45, 2.75) is 0 Å². The summed E-state index contributed by atoms with van der Waals surface area (Å²) >= 11 is 0. The van der Waals surface area contributed by atoms with Crippen molar-refractivity contribution in [1.82, 2.24) is 28.3 Å². The molecule has 8 heteroatoms. The van der Waals surface area contributed by atoms with Crippen LogP contribution in [0.4, 0.5) is 0 Å². The first-order valence-electron chi connectivity index (χ1n) is 7.07. The average molecular weight is 310 g/mol. The van der Waals surface area contributed by atoms with E-state index in [4.69, 9.17) is 0 Å². The number of benzene rings is 1. The summed E-state index contributed by atoms with van der Waals surface area (Å²) in [5.41, 5.74) is 1.02. The molecular weight excluding hydrogens is 296 g/mol. The van der Waals surface area contributed by atoms with E-state index in [9.17, 15) is 9.59 Å². The predicted molar refractivity (Wildman–Crippen MR) is 85.4 cm³/mol. The molecule has 0 bridgehead atoms. The van der Waals surface area contributed by atoms with Crippen LogP contribution >= 0.6 is 0 Å². The molecule has 0 amide bonds. The van der Waals surface area contributed by atoms with E-state index in [0.717, 1.165) is 10.1 Å². The van der Waals surface area contributed by atoms with E-state index in [-0.39, 0.29) is 11.2 Å². The van der Waals surface area contributed by atoms with Crippen molar-refractivity contribution >= 4 is 16.9 Å².